The van der Waals surface area contributed by atoms with Crippen molar-refractivity contribution in [1.82, 2.24) is 9.88 Å². The van der Waals surface area contributed by atoms with Crippen molar-refractivity contribution in [2.45, 2.75) is 51.1 Å². The summed E-state index contributed by atoms with van der Waals surface area (Å²) in [6.07, 6.45) is 5.03. The molecule has 3 rings (SSSR count). The van der Waals surface area contributed by atoms with Crippen molar-refractivity contribution in [1.29, 1.82) is 0 Å². The lowest BCUT2D eigenvalue weighted by molar-refractivity contribution is -0.123. The smallest absolute Gasteiger partial charge is 0.136 e. The van der Waals surface area contributed by atoms with Crippen LogP contribution in [0.1, 0.15) is 36.4 Å². The molecule has 2 fully saturated rings. The number of aromatic nitrogens is 1. The van der Waals surface area contributed by atoms with Crippen LogP contribution in [0.15, 0.2) is 5.38 Å². The monoisotopic (exact) mass is 250 g/mol. The highest BCUT2D eigenvalue weighted by atomic mass is 32.1. The zero-order chi connectivity index (χ0) is 11.8. The molecule has 3 heterocycles. The Balaban J connectivity index is 1.61. The summed E-state index contributed by atoms with van der Waals surface area (Å²) in [7, 11) is 0. The van der Waals surface area contributed by atoms with Gasteiger partial charge in [0.25, 0.3) is 0 Å². The van der Waals surface area contributed by atoms with E-state index in [1.165, 1.54) is 18.5 Å². The third kappa shape index (κ3) is 2.29. The van der Waals surface area contributed by atoms with Crippen LogP contribution in [-0.2, 0) is 11.2 Å². The molecule has 2 unspecified atom stereocenters. The van der Waals surface area contributed by atoms with Crippen molar-refractivity contribution in [3.05, 3.63) is 16.1 Å². The van der Waals surface area contributed by atoms with Gasteiger partial charge in [-0.2, -0.15) is 0 Å². The third-order valence-corrected chi connectivity index (χ3v) is 4.81. The lowest BCUT2D eigenvalue weighted by Crippen LogP contribution is -2.44. The van der Waals surface area contributed by atoms with Gasteiger partial charge in [0, 0.05) is 43.3 Å². The highest BCUT2D eigenvalue weighted by molar-refractivity contribution is 7.09. The standard InChI is InChI=1S/C13H18N2OS/c1-9-14-10(8-17-9)4-5-15-11-2-3-12(15)7-13(16)6-11/h8,11-12H,2-7H2,1H3. The molecule has 1 aromatic rings. The van der Waals surface area contributed by atoms with Crippen molar-refractivity contribution in [2.75, 3.05) is 6.54 Å². The van der Waals surface area contributed by atoms with Crippen molar-refractivity contribution in [3.63, 3.8) is 0 Å². The molecule has 2 atom stereocenters. The van der Waals surface area contributed by atoms with E-state index in [-0.39, 0.29) is 0 Å². The number of carbonyl (C=O) groups is 1. The van der Waals surface area contributed by atoms with Crippen molar-refractivity contribution in [3.8, 4) is 0 Å². The van der Waals surface area contributed by atoms with Crippen molar-refractivity contribution < 1.29 is 4.79 Å². The van der Waals surface area contributed by atoms with Crippen LogP contribution >= 0.6 is 11.3 Å². The maximum absolute atomic E-state index is 11.5. The van der Waals surface area contributed by atoms with Crippen LogP contribution in [0, 0.1) is 6.92 Å². The van der Waals surface area contributed by atoms with E-state index in [1.807, 2.05) is 0 Å². The highest BCUT2D eigenvalue weighted by Crippen LogP contribution is 2.33. The van der Waals surface area contributed by atoms with Crippen molar-refractivity contribution >= 4 is 17.1 Å². The van der Waals surface area contributed by atoms with Gasteiger partial charge < -0.3 is 0 Å². The van der Waals surface area contributed by atoms with E-state index in [4.69, 9.17) is 0 Å². The first-order valence-corrected chi connectivity index (χ1v) is 7.29. The van der Waals surface area contributed by atoms with E-state index in [9.17, 15) is 4.79 Å². The Morgan fingerprint density at radius 1 is 1.41 bits per heavy atom. The molecule has 1 aromatic heterocycles. The predicted molar refractivity (Wildman–Crippen MR) is 68.3 cm³/mol. The van der Waals surface area contributed by atoms with Crippen LogP contribution < -0.4 is 0 Å². The van der Waals surface area contributed by atoms with Crippen molar-refractivity contribution in [2.24, 2.45) is 0 Å². The van der Waals surface area contributed by atoms with Gasteiger partial charge in [0.2, 0.25) is 0 Å². The summed E-state index contributed by atoms with van der Waals surface area (Å²) >= 11 is 1.72. The summed E-state index contributed by atoms with van der Waals surface area (Å²) in [5, 5.41) is 3.31. The fourth-order valence-corrected chi connectivity index (χ4v) is 3.84. The molecule has 2 bridgehead atoms. The molecule has 17 heavy (non-hydrogen) atoms. The van der Waals surface area contributed by atoms with E-state index in [1.54, 1.807) is 11.3 Å². The number of thiazole rings is 1. The second-order valence-electron chi connectivity index (χ2n) is 5.18. The first-order valence-electron chi connectivity index (χ1n) is 6.41. The Labute approximate surface area is 106 Å². The number of fused-ring (bicyclic) bond motifs is 2. The molecule has 3 nitrogen and oxygen atoms in total. The quantitative estimate of drug-likeness (QED) is 0.824. The second kappa shape index (κ2) is 4.50. The minimum Gasteiger partial charge on any atom is -0.300 e. The van der Waals surface area contributed by atoms with Gasteiger partial charge in [-0.3, -0.25) is 9.69 Å². The molecule has 0 spiro atoms. The van der Waals surface area contributed by atoms with Crippen LogP contribution in [0.3, 0.4) is 0 Å². The Kier molecular flexibility index (Phi) is 3.01. The minimum atomic E-state index is 0.471. The summed E-state index contributed by atoms with van der Waals surface area (Å²) in [5.41, 5.74) is 1.21. The number of piperidine rings is 1. The lowest BCUT2D eigenvalue weighted by atomic mass is 10.0. The van der Waals surface area contributed by atoms with Crippen LogP contribution in [-0.4, -0.2) is 34.3 Å². The molecule has 0 N–H and O–H groups in total. The van der Waals surface area contributed by atoms with E-state index in [0.29, 0.717) is 17.9 Å². The van der Waals surface area contributed by atoms with Gasteiger partial charge in [0.1, 0.15) is 5.78 Å². The normalized spacial score (nSPS) is 28.9. The third-order valence-electron chi connectivity index (χ3n) is 3.99. The van der Waals surface area contributed by atoms with Crippen LogP contribution in [0.2, 0.25) is 0 Å². The van der Waals surface area contributed by atoms with Crippen LogP contribution in [0.5, 0.6) is 0 Å². The molecule has 0 amide bonds. The highest BCUT2D eigenvalue weighted by Gasteiger charge is 2.39. The Morgan fingerprint density at radius 3 is 2.71 bits per heavy atom. The van der Waals surface area contributed by atoms with Crippen LogP contribution in [0.25, 0.3) is 0 Å². The van der Waals surface area contributed by atoms with Gasteiger partial charge in [0.05, 0.1) is 10.7 Å². The molecular weight excluding hydrogens is 232 g/mol. The van der Waals surface area contributed by atoms with Gasteiger partial charge in [-0.1, -0.05) is 0 Å². The molecule has 0 aliphatic carbocycles. The molecule has 92 valence electrons. The minimum absolute atomic E-state index is 0.471. The van der Waals surface area contributed by atoms with Gasteiger partial charge in [-0.05, 0) is 19.8 Å². The molecule has 4 heteroatoms. The van der Waals surface area contributed by atoms with E-state index in [0.717, 1.165) is 30.8 Å². The predicted octanol–water partition coefficient (Wildman–Crippen LogP) is 2.19. The van der Waals surface area contributed by atoms with Gasteiger partial charge in [-0.15, -0.1) is 11.3 Å². The average Bonchev–Trinajstić information content (AvgIpc) is 2.79. The van der Waals surface area contributed by atoms with Gasteiger partial charge >= 0.3 is 0 Å². The number of hydrogen-bond acceptors (Lipinski definition) is 4. The number of Topliss-reactive ketones (excluding diaryl/α,β-unsaturated/α-hetero) is 1. The maximum Gasteiger partial charge on any atom is 0.136 e. The fourth-order valence-electron chi connectivity index (χ4n) is 3.19. The molecule has 2 aliphatic heterocycles. The SMILES string of the molecule is Cc1nc(CCN2C3CCC2CC(=O)C3)cs1. The zero-order valence-electron chi connectivity index (χ0n) is 10.2. The molecule has 2 saturated heterocycles. The maximum atomic E-state index is 11.5. The Hall–Kier alpha value is -0.740. The van der Waals surface area contributed by atoms with Gasteiger partial charge in [-0.25, -0.2) is 4.98 Å². The van der Waals surface area contributed by atoms with E-state index < -0.39 is 0 Å². The second-order valence-corrected chi connectivity index (χ2v) is 6.24. The largest absolute Gasteiger partial charge is 0.300 e. The van der Waals surface area contributed by atoms with Gasteiger partial charge in [0.15, 0.2) is 0 Å². The summed E-state index contributed by atoms with van der Waals surface area (Å²) in [6.45, 7) is 3.13. The number of rotatable bonds is 3. The fraction of sp³-hybridized carbons (Fsp3) is 0.692. The number of nitrogens with zero attached hydrogens (tertiary/aromatic N) is 2. The number of ketones is 1. The zero-order valence-corrected chi connectivity index (χ0v) is 11.0. The summed E-state index contributed by atoms with van der Waals surface area (Å²) in [5.74, 6) is 0.471. The summed E-state index contributed by atoms with van der Waals surface area (Å²) in [4.78, 5) is 18.6. The topological polar surface area (TPSA) is 33.2 Å². The lowest BCUT2D eigenvalue weighted by Gasteiger charge is -2.33. The Morgan fingerprint density at radius 2 is 2.12 bits per heavy atom. The molecular formula is C13H18N2OS. The number of carbonyl (C=O) groups excluding carboxylic acids is 1. The molecule has 0 aromatic carbocycles. The average molecular weight is 250 g/mol. The van der Waals surface area contributed by atoms with Crippen LogP contribution in [0.4, 0.5) is 0 Å². The Bertz CT molecular complexity index is 413. The summed E-state index contributed by atoms with van der Waals surface area (Å²) < 4.78 is 0. The molecule has 0 saturated carbocycles. The number of aryl methyl sites for hydroxylation is 1. The number of hydrogen-bond donors (Lipinski definition) is 0. The van der Waals surface area contributed by atoms with E-state index >= 15 is 0 Å². The molecule has 0 radical (unpaired) electrons. The first-order chi connectivity index (χ1) is 8.22. The summed E-state index contributed by atoms with van der Waals surface area (Å²) in [6, 6.07) is 1.06. The first kappa shape index (κ1) is 11.4. The molecule has 2 aliphatic rings. The van der Waals surface area contributed by atoms with E-state index in [2.05, 4.69) is 22.2 Å².